The molecule has 15 heteroatoms. The normalized spacial score (nSPS) is 12.2. The van der Waals surface area contributed by atoms with Crippen LogP contribution in [-0.4, -0.2) is 37.4 Å². The zero-order chi connectivity index (χ0) is 21.3. The highest BCUT2D eigenvalue weighted by Crippen LogP contribution is 2.42. The Morgan fingerprint density at radius 3 is 2.50 bits per heavy atom. The second kappa shape index (κ2) is 7.86. The lowest BCUT2D eigenvalue weighted by Gasteiger charge is -2.20. The van der Waals surface area contributed by atoms with E-state index >= 15 is 0 Å². The second-order valence-corrected chi connectivity index (χ2v) is 8.15. The summed E-state index contributed by atoms with van der Waals surface area (Å²) in [7, 11) is -2.55. The van der Waals surface area contributed by atoms with Crippen molar-refractivity contribution in [1.82, 2.24) is 9.36 Å². The van der Waals surface area contributed by atoms with Crippen LogP contribution in [0, 0.1) is 13.5 Å². The molecule has 0 amide bonds. The number of aromatic nitrogens is 2. The minimum Gasteiger partial charge on any atom is -0.393 e. The van der Waals surface area contributed by atoms with Crippen molar-refractivity contribution in [2.75, 3.05) is 23.7 Å². The lowest BCUT2D eigenvalue weighted by Crippen LogP contribution is -2.30. The summed E-state index contributed by atoms with van der Waals surface area (Å²) < 4.78 is 66.6. The number of hydrogen-bond donors (Lipinski definition) is 1. The molecule has 1 aromatic heterocycles. The maximum Gasteiger partial charge on any atom is 0.516 e. The highest BCUT2D eigenvalue weighted by molar-refractivity contribution is 7.93. The first-order chi connectivity index (χ1) is 12.9. The molecule has 0 aliphatic heterocycles. The van der Waals surface area contributed by atoms with Gasteiger partial charge in [0.25, 0.3) is 0 Å². The van der Waals surface area contributed by atoms with Gasteiger partial charge in [0.2, 0.25) is 0 Å². The molecule has 0 atom stereocenters. The lowest BCUT2D eigenvalue weighted by molar-refractivity contribution is -0.0429. The molecule has 150 valence electrons. The molecule has 0 saturated heterocycles. The van der Waals surface area contributed by atoms with Gasteiger partial charge in [-0.1, -0.05) is 21.1 Å². The molecule has 28 heavy (non-hydrogen) atoms. The van der Waals surface area contributed by atoms with Crippen LogP contribution in [0.15, 0.2) is 16.3 Å². The Labute approximate surface area is 166 Å². The molecule has 1 aromatic carbocycles. The van der Waals surface area contributed by atoms with Crippen molar-refractivity contribution >= 4 is 61.3 Å². The van der Waals surface area contributed by atoms with E-state index in [1.165, 1.54) is 16.5 Å². The summed E-state index contributed by atoms with van der Waals surface area (Å²) >= 11 is 6.97. The average Bonchev–Trinajstić information content (AvgIpc) is 3.04. The number of nitrogens with one attached hydrogen (secondary N) is 1. The first-order valence-corrected chi connectivity index (χ1v) is 9.73. The van der Waals surface area contributed by atoms with Crippen molar-refractivity contribution in [3.8, 4) is 0 Å². The molecule has 1 N–H and O–H groups in total. The molecule has 2 aromatic rings. The molecule has 0 bridgehead atoms. The van der Waals surface area contributed by atoms with E-state index in [0.717, 1.165) is 17.6 Å². The molecule has 2 rings (SSSR count). The first-order valence-electron chi connectivity index (χ1n) is 7.09. The van der Waals surface area contributed by atoms with E-state index in [9.17, 15) is 21.6 Å². The third kappa shape index (κ3) is 4.49. The van der Waals surface area contributed by atoms with Crippen LogP contribution in [0.4, 0.5) is 41.3 Å². The Bertz CT molecular complexity index is 1080. The number of benzene rings is 1. The number of azo groups is 1. The number of nitrogens with zero attached hydrogens (tertiary/aromatic N) is 6. The maximum atomic E-state index is 12.8. The summed E-state index contributed by atoms with van der Waals surface area (Å²) in [5, 5.41) is 7.60. The fourth-order valence-electron chi connectivity index (χ4n) is 1.89. The molecule has 9 nitrogen and oxygen atoms in total. The number of alkyl halides is 3. The van der Waals surface area contributed by atoms with Crippen LogP contribution in [0.25, 0.3) is 4.85 Å². The third-order valence-corrected chi connectivity index (χ3v) is 5.38. The molecule has 1 heterocycles. The Kier molecular flexibility index (Phi) is 6.12. The lowest BCUT2D eigenvalue weighted by atomic mass is 10.1. The van der Waals surface area contributed by atoms with Crippen LogP contribution >= 0.6 is 23.1 Å². The molecule has 0 saturated carbocycles. The zero-order valence-corrected chi connectivity index (χ0v) is 16.8. The Balaban J connectivity index is 2.62. The van der Waals surface area contributed by atoms with Crippen molar-refractivity contribution in [2.24, 2.45) is 10.2 Å². The van der Waals surface area contributed by atoms with Gasteiger partial charge in [-0.05, 0) is 18.6 Å². The van der Waals surface area contributed by atoms with Gasteiger partial charge in [-0.25, -0.2) is 0 Å². The summed E-state index contributed by atoms with van der Waals surface area (Å²) in [5.41, 5.74) is -5.78. The minimum atomic E-state index is -5.71. The summed E-state index contributed by atoms with van der Waals surface area (Å²) in [6.07, 6.45) is 0. The third-order valence-electron chi connectivity index (χ3n) is 3.22. The number of rotatable bonds is 5. The van der Waals surface area contributed by atoms with Crippen LogP contribution in [0.2, 0.25) is 5.02 Å². The fourth-order valence-corrected chi connectivity index (χ4v) is 3.21. The smallest absolute Gasteiger partial charge is 0.393 e. The van der Waals surface area contributed by atoms with Gasteiger partial charge in [0.05, 0.1) is 27.9 Å². The van der Waals surface area contributed by atoms with E-state index in [1.807, 2.05) is 0 Å². The van der Waals surface area contributed by atoms with Gasteiger partial charge in [-0.3, -0.25) is 4.72 Å². The van der Waals surface area contributed by atoms with Crippen molar-refractivity contribution in [3.63, 3.8) is 0 Å². The van der Waals surface area contributed by atoms with Gasteiger partial charge in [0.15, 0.2) is 0 Å². The van der Waals surface area contributed by atoms with E-state index < -0.39 is 21.2 Å². The predicted octanol–water partition coefficient (Wildman–Crippen LogP) is 4.79. The summed E-state index contributed by atoms with van der Waals surface area (Å²) in [6.45, 7) is 8.24. The van der Waals surface area contributed by atoms with E-state index in [2.05, 4.69) is 24.4 Å². The highest BCUT2D eigenvalue weighted by atomic mass is 35.5. The van der Waals surface area contributed by atoms with Crippen molar-refractivity contribution in [1.29, 1.82) is 0 Å². The van der Waals surface area contributed by atoms with Crippen LogP contribution in [-0.2, 0) is 10.0 Å². The number of anilines is 2. The second-order valence-electron chi connectivity index (χ2n) is 5.37. The molecule has 0 spiro atoms. The zero-order valence-electron chi connectivity index (χ0n) is 14.4. The minimum absolute atomic E-state index is 0.0390. The van der Waals surface area contributed by atoms with E-state index in [1.54, 1.807) is 14.1 Å². The molecule has 0 radical (unpaired) electrons. The largest absolute Gasteiger partial charge is 0.516 e. The van der Waals surface area contributed by atoms with Crippen LogP contribution in [0.1, 0.15) is 5.56 Å². The van der Waals surface area contributed by atoms with Crippen LogP contribution in [0.5, 0.6) is 0 Å². The highest BCUT2D eigenvalue weighted by Gasteiger charge is 2.46. The number of sulfonamides is 1. The molecule has 0 fully saturated rings. The summed E-state index contributed by atoms with van der Waals surface area (Å²) in [6, 6.07) is 1.11. The Morgan fingerprint density at radius 1 is 1.36 bits per heavy atom. The van der Waals surface area contributed by atoms with Crippen molar-refractivity contribution in [3.05, 3.63) is 28.1 Å². The fraction of sp³-hybridized carbons (Fsp3) is 0.308. The summed E-state index contributed by atoms with van der Waals surface area (Å²) in [5.74, 6) is -0.172. The molecule has 0 unspecified atom stereocenters. The van der Waals surface area contributed by atoms with Crippen LogP contribution < -0.4 is 9.62 Å². The van der Waals surface area contributed by atoms with Gasteiger partial charge in [-0.2, -0.15) is 21.6 Å². The monoisotopic (exact) mass is 453 g/mol. The van der Waals surface area contributed by atoms with E-state index in [-0.39, 0.29) is 33.0 Å². The molecular formula is C13H11ClF3N7O2S2. The van der Waals surface area contributed by atoms with Gasteiger partial charge < -0.3 is 9.74 Å². The molecule has 0 aliphatic carbocycles. The first kappa shape index (κ1) is 21.8. The van der Waals surface area contributed by atoms with Gasteiger partial charge in [-0.15, -0.1) is 16.7 Å². The number of hydrogen-bond acceptors (Lipinski definition) is 8. The van der Waals surface area contributed by atoms with E-state index in [4.69, 9.17) is 18.2 Å². The standard InChI is InChI=1S/C13H11ClF3N7O2S2/c1-6-9(14)8(24(3)4)5-7(23-28(25,26)13(15,16)17)10(6)20-21-12-19-11(18-2)22-27-12/h5,23H,1,3-4H3. The molecular weight excluding hydrogens is 443 g/mol. The van der Waals surface area contributed by atoms with Gasteiger partial charge in [0, 0.05) is 14.1 Å². The quantitative estimate of drug-likeness (QED) is 0.517. The van der Waals surface area contributed by atoms with Crippen LogP contribution in [0.3, 0.4) is 0 Å². The van der Waals surface area contributed by atoms with E-state index in [0.29, 0.717) is 0 Å². The predicted molar refractivity (Wildman–Crippen MR) is 99.5 cm³/mol. The van der Waals surface area contributed by atoms with Crippen molar-refractivity contribution < 1.29 is 21.6 Å². The summed E-state index contributed by atoms with van der Waals surface area (Å²) in [4.78, 5) is 8.21. The number of halogens is 4. The SMILES string of the molecule is [C-]#[N+]c1nsc(N=Nc2c(NS(=O)(=O)C(F)(F)F)cc(N(C)C)c(Cl)c2C)n1. The van der Waals surface area contributed by atoms with Crippen molar-refractivity contribution in [2.45, 2.75) is 12.4 Å². The molecule has 0 aliphatic rings. The van der Waals surface area contributed by atoms with Gasteiger partial charge >= 0.3 is 26.6 Å². The van der Waals surface area contributed by atoms with Gasteiger partial charge in [0.1, 0.15) is 5.69 Å². The average molecular weight is 454 g/mol. The topological polar surface area (TPSA) is 104 Å². The Hall–Kier alpha value is -2.50. The maximum absolute atomic E-state index is 12.8. The Morgan fingerprint density at radius 2 is 2.00 bits per heavy atom.